The molecule has 19 heteroatoms. The van der Waals surface area contributed by atoms with Crippen LogP contribution in [0.1, 0.15) is 35.1 Å². The van der Waals surface area contributed by atoms with Gasteiger partial charge in [-0.3, -0.25) is 19.7 Å². The van der Waals surface area contributed by atoms with E-state index in [1.54, 1.807) is 44.2 Å². The second kappa shape index (κ2) is 23.7. The number of ether oxygens (including phenoxy) is 2. The Hall–Kier alpha value is -9.26. The molecule has 6 N–H and O–H groups in total. The van der Waals surface area contributed by atoms with Gasteiger partial charge in [-0.2, -0.15) is 0 Å². The van der Waals surface area contributed by atoms with E-state index in [-0.39, 0.29) is 36.3 Å². The number of carbonyl (C=O) groups is 4. The maximum Gasteiger partial charge on any atom is 0.397 e. The molecule has 19 nitrogen and oxygen atoms in total. The smallest absolute Gasteiger partial charge is 0.397 e. The highest BCUT2D eigenvalue weighted by molar-refractivity contribution is 6.37. The number of nitrogen functional groups attached to an aromatic ring is 1. The number of aromatic nitrogens is 6. The zero-order valence-corrected chi connectivity index (χ0v) is 34.7. The quantitative estimate of drug-likeness (QED) is 0.0762. The van der Waals surface area contributed by atoms with Crippen LogP contribution in [-0.2, 0) is 19.1 Å². The maximum absolute atomic E-state index is 11.5. The molecule has 0 saturated heterocycles. The summed E-state index contributed by atoms with van der Waals surface area (Å²) in [5, 5.41) is 18.6. The standard InChI is InChI=1S/C13H12N2O4.C13H12N2O3.C11H8N2O3.C9H8N2O/c1-2-18-13(17)12(16)14-11-8-10(15-19-11)9-6-4-3-5-7-9;1-2-18-13(17)12-14-10(8-11(16)15-12)9-6-4-3-5-7-9;14-9-6-8(7-4-2-1-3-5-7)12-10(13-9)11(15)16;10-9-6-8(11-12-9)7-4-2-1-3-5-7/h3-8H,2H2,1H3,(H,14,16);3-8H,2H2,1H3,(H,14,15,16);1-6H,(H,15,16)(H,12,13,14);1-6H,10H2. The average molecular weight is 881 g/mol. The molecular formula is C46H40N8O11. The van der Waals surface area contributed by atoms with Crippen LogP contribution in [0.25, 0.3) is 45.0 Å². The highest BCUT2D eigenvalue weighted by Crippen LogP contribution is 2.22. The van der Waals surface area contributed by atoms with Gasteiger partial charge < -0.3 is 39.3 Å². The third kappa shape index (κ3) is 14.4. The van der Waals surface area contributed by atoms with Gasteiger partial charge in [0, 0.05) is 46.5 Å². The second-order valence-corrected chi connectivity index (χ2v) is 12.8. The highest BCUT2D eigenvalue weighted by atomic mass is 16.5. The van der Waals surface area contributed by atoms with Crippen LogP contribution in [0.2, 0.25) is 0 Å². The maximum atomic E-state index is 11.5. The van der Waals surface area contributed by atoms with Gasteiger partial charge in [-0.05, 0) is 13.8 Å². The van der Waals surface area contributed by atoms with E-state index in [2.05, 4.69) is 40.3 Å². The number of aromatic amines is 2. The molecule has 4 heterocycles. The summed E-state index contributed by atoms with van der Waals surface area (Å²) in [6.07, 6.45) is 0. The number of nitrogens with zero attached hydrogens (tertiary/aromatic N) is 4. The molecule has 8 rings (SSSR count). The van der Waals surface area contributed by atoms with Gasteiger partial charge in [0.05, 0.1) is 24.6 Å². The molecular weight excluding hydrogens is 841 g/mol. The predicted molar refractivity (Wildman–Crippen MR) is 237 cm³/mol. The van der Waals surface area contributed by atoms with E-state index in [1.807, 2.05) is 97.1 Å². The average Bonchev–Trinajstić information content (AvgIpc) is 3.99. The fourth-order valence-corrected chi connectivity index (χ4v) is 5.30. The molecule has 0 aliphatic rings. The van der Waals surface area contributed by atoms with Gasteiger partial charge >= 0.3 is 23.8 Å². The van der Waals surface area contributed by atoms with Crippen LogP contribution in [0.3, 0.4) is 0 Å². The van der Waals surface area contributed by atoms with E-state index >= 15 is 0 Å². The Morgan fingerprint density at radius 2 is 1.00 bits per heavy atom. The monoisotopic (exact) mass is 880 g/mol. The Labute approximate surface area is 368 Å². The predicted octanol–water partition coefficient (Wildman–Crippen LogP) is 6.52. The summed E-state index contributed by atoms with van der Waals surface area (Å²) in [4.78, 5) is 79.9. The number of carbonyl (C=O) groups excluding carboxylic acids is 3. The molecule has 4 aromatic heterocycles. The first kappa shape index (κ1) is 46.8. The zero-order chi connectivity index (χ0) is 46.6. The van der Waals surface area contributed by atoms with Crippen molar-refractivity contribution in [3.63, 3.8) is 0 Å². The molecule has 0 aliphatic heterocycles. The molecule has 0 unspecified atom stereocenters. The first-order valence-corrected chi connectivity index (χ1v) is 19.5. The summed E-state index contributed by atoms with van der Waals surface area (Å²) in [7, 11) is 0. The summed E-state index contributed by atoms with van der Waals surface area (Å²) in [5.74, 6) is -3.74. The topological polar surface area (TPSA) is 289 Å². The van der Waals surface area contributed by atoms with Crippen molar-refractivity contribution < 1.29 is 42.8 Å². The number of H-pyrrole nitrogens is 2. The van der Waals surface area contributed by atoms with Crippen molar-refractivity contribution in [2.45, 2.75) is 13.8 Å². The summed E-state index contributed by atoms with van der Waals surface area (Å²) in [6.45, 7) is 3.68. The normalized spacial score (nSPS) is 10.0. The number of hydrogen-bond donors (Lipinski definition) is 5. The van der Waals surface area contributed by atoms with E-state index in [4.69, 9.17) is 24.6 Å². The van der Waals surface area contributed by atoms with E-state index in [0.29, 0.717) is 28.5 Å². The lowest BCUT2D eigenvalue weighted by Gasteiger charge is -2.03. The highest BCUT2D eigenvalue weighted by Gasteiger charge is 2.18. The van der Waals surface area contributed by atoms with Crippen molar-refractivity contribution in [3.05, 3.63) is 178 Å². The van der Waals surface area contributed by atoms with Crippen molar-refractivity contribution in [1.29, 1.82) is 0 Å². The first-order valence-electron chi connectivity index (χ1n) is 19.5. The zero-order valence-electron chi connectivity index (χ0n) is 34.7. The largest absolute Gasteiger partial charge is 0.475 e. The number of anilines is 2. The number of hydrogen-bond acceptors (Lipinski definition) is 15. The fourth-order valence-electron chi connectivity index (χ4n) is 5.30. The number of benzene rings is 4. The molecule has 0 saturated carbocycles. The Balaban J connectivity index is 0.000000165. The molecule has 8 aromatic rings. The van der Waals surface area contributed by atoms with Gasteiger partial charge in [0.2, 0.25) is 23.4 Å². The lowest BCUT2D eigenvalue weighted by Crippen LogP contribution is -2.24. The summed E-state index contributed by atoms with van der Waals surface area (Å²) >= 11 is 0. The van der Waals surface area contributed by atoms with E-state index in [9.17, 15) is 28.8 Å². The number of carboxylic acids is 1. The fraction of sp³-hybridized carbons (Fsp3) is 0.0870. The number of carboxylic acid groups (broad SMARTS) is 1. The Kier molecular flexibility index (Phi) is 17.0. The van der Waals surface area contributed by atoms with Gasteiger partial charge in [-0.15, -0.1) is 0 Å². The van der Waals surface area contributed by atoms with Crippen LogP contribution in [0, 0.1) is 0 Å². The number of esters is 2. The van der Waals surface area contributed by atoms with Gasteiger partial charge in [0.25, 0.3) is 11.1 Å². The molecule has 330 valence electrons. The van der Waals surface area contributed by atoms with Crippen molar-refractivity contribution >= 4 is 35.6 Å². The minimum Gasteiger partial charge on any atom is -0.475 e. The number of amides is 1. The molecule has 0 spiro atoms. The third-order valence-corrected chi connectivity index (χ3v) is 8.17. The molecule has 1 amide bonds. The lowest BCUT2D eigenvalue weighted by atomic mass is 10.1. The summed E-state index contributed by atoms with van der Waals surface area (Å²) in [6, 6.07) is 43.0. The van der Waals surface area contributed by atoms with Crippen molar-refractivity contribution in [3.8, 4) is 45.0 Å². The Morgan fingerprint density at radius 1 is 0.585 bits per heavy atom. The minimum absolute atomic E-state index is 0.0804. The molecule has 0 bridgehead atoms. The van der Waals surface area contributed by atoms with Crippen molar-refractivity contribution in [1.82, 2.24) is 30.2 Å². The molecule has 0 aliphatic carbocycles. The van der Waals surface area contributed by atoms with Gasteiger partial charge in [0.1, 0.15) is 11.4 Å². The third-order valence-electron chi connectivity index (χ3n) is 8.17. The van der Waals surface area contributed by atoms with Crippen molar-refractivity contribution in [2.24, 2.45) is 0 Å². The van der Waals surface area contributed by atoms with Crippen molar-refractivity contribution in [2.75, 3.05) is 24.3 Å². The Morgan fingerprint density at radius 3 is 1.43 bits per heavy atom. The molecule has 0 radical (unpaired) electrons. The van der Waals surface area contributed by atoms with Crippen LogP contribution in [-0.4, -0.2) is 72.4 Å². The Bertz CT molecular complexity index is 2920. The second-order valence-electron chi connectivity index (χ2n) is 12.8. The van der Waals surface area contributed by atoms with Gasteiger partial charge in [-0.1, -0.05) is 132 Å². The minimum atomic E-state index is -1.25. The van der Waals surface area contributed by atoms with Gasteiger partial charge in [0.15, 0.2) is 0 Å². The van der Waals surface area contributed by atoms with E-state index < -0.39 is 29.4 Å². The molecule has 0 fully saturated rings. The summed E-state index contributed by atoms with van der Waals surface area (Å²) < 4.78 is 19.0. The number of nitrogens with one attached hydrogen (secondary N) is 3. The lowest BCUT2D eigenvalue weighted by molar-refractivity contribution is -0.152. The number of rotatable bonds is 9. The van der Waals surface area contributed by atoms with E-state index in [0.717, 1.165) is 22.4 Å². The first-order chi connectivity index (χ1) is 31.4. The van der Waals surface area contributed by atoms with E-state index in [1.165, 1.54) is 18.2 Å². The van der Waals surface area contributed by atoms with Crippen LogP contribution < -0.4 is 22.2 Å². The summed E-state index contributed by atoms with van der Waals surface area (Å²) in [5.41, 5.74) is 10.00. The molecule has 65 heavy (non-hydrogen) atoms. The van der Waals surface area contributed by atoms with Crippen LogP contribution in [0.15, 0.2) is 164 Å². The SMILES string of the molecule is CCOC(=O)C(=O)Nc1cc(-c2ccccc2)no1.CCOC(=O)c1nc(-c2ccccc2)cc(=O)[nH]1.Nc1cc(-c2ccccc2)no1.O=C(O)c1nc(-c2ccccc2)cc(=O)[nH]1. The molecule has 0 atom stereocenters. The molecule has 4 aromatic carbocycles. The van der Waals surface area contributed by atoms with Crippen LogP contribution >= 0.6 is 0 Å². The van der Waals surface area contributed by atoms with Crippen LogP contribution in [0.4, 0.5) is 11.8 Å². The number of nitrogens with two attached hydrogens (primary N) is 1. The van der Waals surface area contributed by atoms with Crippen LogP contribution in [0.5, 0.6) is 0 Å². The number of aromatic carboxylic acids is 1. The van der Waals surface area contributed by atoms with Gasteiger partial charge in [-0.25, -0.2) is 24.4 Å².